The number of rotatable bonds is 5. The molecule has 21 heavy (non-hydrogen) atoms. The van der Waals surface area contributed by atoms with Crippen LogP contribution in [0.1, 0.15) is 34.5 Å². The molecule has 0 aromatic carbocycles. The molecule has 2 rings (SSSR count). The van der Waals surface area contributed by atoms with Crippen molar-refractivity contribution < 1.29 is 18.3 Å². The van der Waals surface area contributed by atoms with E-state index in [1.807, 2.05) is 7.05 Å². The number of piperidine rings is 1. The van der Waals surface area contributed by atoms with E-state index >= 15 is 0 Å². The zero-order chi connectivity index (χ0) is 15.6. The predicted molar refractivity (Wildman–Crippen MR) is 81.5 cm³/mol. The Hall–Kier alpha value is -0.960. The predicted octanol–water partition coefficient (Wildman–Crippen LogP) is 1.52. The van der Waals surface area contributed by atoms with Crippen molar-refractivity contribution in [3.63, 3.8) is 0 Å². The van der Waals surface area contributed by atoms with Crippen LogP contribution < -0.4 is 4.72 Å². The number of hydrogen-bond acceptors (Lipinski definition) is 5. The molecule has 1 aliphatic heterocycles. The highest BCUT2D eigenvalue weighted by Crippen LogP contribution is 2.26. The number of thiophene rings is 1. The van der Waals surface area contributed by atoms with E-state index < -0.39 is 16.0 Å². The topological polar surface area (TPSA) is 86.7 Å². The molecule has 8 heteroatoms. The quantitative estimate of drug-likeness (QED) is 0.854. The van der Waals surface area contributed by atoms with Gasteiger partial charge in [-0.2, -0.15) is 0 Å². The Morgan fingerprint density at radius 2 is 2.24 bits per heavy atom. The first kappa shape index (κ1) is 16.4. The van der Waals surface area contributed by atoms with E-state index in [1.165, 1.54) is 6.07 Å². The smallest absolute Gasteiger partial charge is 0.346 e. The summed E-state index contributed by atoms with van der Waals surface area (Å²) in [7, 11) is -1.64. The second-order valence-corrected chi connectivity index (χ2v) is 8.41. The van der Waals surface area contributed by atoms with Crippen LogP contribution in [0.5, 0.6) is 0 Å². The maximum Gasteiger partial charge on any atom is 0.346 e. The molecule has 1 saturated heterocycles. The molecule has 2 N–H and O–H groups in total. The van der Waals surface area contributed by atoms with Crippen LogP contribution in [0, 0.1) is 6.92 Å². The molecule has 0 amide bonds. The van der Waals surface area contributed by atoms with Crippen LogP contribution in [-0.2, 0) is 10.0 Å². The maximum absolute atomic E-state index is 12.3. The highest BCUT2D eigenvalue weighted by Gasteiger charge is 2.24. The highest BCUT2D eigenvalue weighted by atomic mass is 32.2. The molecular weight excluding hydrogens is 312 g/mol. The minimum Gasteiger partial charge on any atom is -0.477 e. The number of nitrogens with one attached hydrogen (secondary N) is 1. The summed E-state index contributed by atoms with van der Waals surface area (Å²) < 4.78 is 27.2. The molecule has 118 valence electrons. The van der Waals surface area contributed by atoms with Gasteiger partial charge in [-0.25, -0.2) is 17.9 Å². The third-order valence-corrected chi connectivity index (χ3v) is 6.91. The number of carbonyl (C=O) groups is 1. The van der Waals surface area contributed by atoms with Crippen LogP contribution in [0.25, 0.3) is 0 Å². The molecule has 2 heterocycles. The molecule has 0 saturated carbocycles. The van der Waals surface area contributed by atoms with Gasteiger partial charge in [-0.05, 0) is 45.0 Å². The van der Waals surface area contributed by atoms with Crippen molar-refractivity contribution in [2.24, 2.45) is 0 Å². The van der Waals surface area contributed by atoms with Gasteiger partial charge in [0.2, 0.25) is 10.0 Å². The van der Waals surface area contributed by atoms with Gasteiger partial charge < -0.3 is 10.0 Å². The summed E-state index contributed by atoms with van der Waals surface area (Å²) in [5.41, 5.74) is 0.475. The lowest BCUT2D eigenvalue weighted by Crippen LogP contribution is -2.44. The second-order valence-electron chi connectivity index (χ2n) is 5.36. The van der Waals surface area contributed by atoms with Crippen LogP contribution in [0.3, 0.4) is 0 Å². The Bertz CT molecular complexity index is 624. The van der Waals surface area contributed by atoms with Gasteiger partial charge in [0, 0.05) is 12.6 Å². The summed E-state index contributed by atoms with van der Waals surface area (Å²) in [5, 5.41) is 9.00. The molecule has 0 spiro atoms. The summed E-state index contributed by atoms with van der Waals surface area (Å²) in [6.45, 7) is 2.94. The van der Waals surface area contributed by atoms with Gasteiger partial charge >= 0.3 is 5.97 Å². The Morgan fingerprint density at radius 1 is 1.52 bits per heavy atom. The molecule has 1 aromatic rings. The van der Waals surface area contributed by atoms with Gasteiger partial charge in [-0.15, -0.1) is 11.3 Å². The Morgan fingerprint density at radius 3 is 2.81 bits per heavy atom. The van der Waals surface area contributed by atoms with Crippen molar-refractivity contribution in [3.8, 4) is 0 Å². The lowest BCUT2D eigenvalue weighted by atomic mass is 10.0. The van der Waals surface area contributed by atoms with Gasteiger partial charge in [0.1, 0.15) is 9.09 Å². The average Bonchev–Trinajstić information content (AvgIpc) is 2.81. The van der Waals surface area contributed by atoms with E-state index in [0.29, 0.717) is 12.1 Å². The molecule has 1 fully saturated rings. The van der Waals surface area contributed by atoms with Crippen LogP contribution >= 0.6 is 11.3 Å². The SMILES string of the molecule is Cc1cc(S(=O)(=O)NCC2CCCCN2C)sc1C(=O)O. The highest BCUT2D eigenvalue weighted by molar-refractivity contribution is 7.91. The molecule has 1 aromatic heterocycles. The van der Waals surface area contributed by atoms with E-state index in [0.717, 1.165) is 37.1 Å². The van der Waals surface area contributed by atoms with Gasteiger partial charge in [-0.3, -0.25) is 0 Å². The lowest BCUT2D eigenvalue weighted by molar-refractivity contribution is 0.0701. The zero-order valence-electron chi connectivity index (χ0n) is 12.1. The van der Waals surface area contributed by atoms with Gasteiger partial charge in [0.25, 0.3) is 0 Å². The first-order valence-corrected chi connectivity index (χ1v) is 9.15. The minimum atomic E-state index is -3.64. The van der Waals surface area contributed by atoms with Gasteiger partial charge in [0.05, 0.1) is 0 Å². The number of hydrogen-bond donors (Lipinski definition) is 2. The third-order valence-electron chi connectivity index (χ3n) is 3.78. The number of likely N-dealkylation sites (N-methyl/N-ethyl adjacent to an activating group) is 1. The number of likely N-dealkylation sites (tertiary alicyclic amines) is 1. The van der Waals surface area contributed by atoms with E-state index in [9.17, 15) is 13.2 Å². The second kappa shape index (κ2) is 6.43. The Labute approximate surface area is 128 Å². The molecular formula is C13H20N2O4S2. The summed E-state index contributed by atoms with van der Waals surface area (Å²) in [4.78, 5) is 13.2. The van der Waals surface area contributed by atoms with Crippen molar-refractivity contribution >= 4 is 27.3 Å². The fourth-order valence-electron chi connectivity index (χ4n) is 2.48. The fraction of sp³-hybridized carbons (Fsp3) is 0.615. The van der Waals surface area contributed by atoms with E-state index in [1.54, 1.807) is 6.92 Å². The van der Waals surface area contributed by atoms with E-state index in [2.05, 4.69) is 9.62 Å². The molecule has 0 radical (unpaired) electrons. The van der Waals surface area contributed by atoms with E-state index in [4.69, 9.17) is 5.11 Å². The monoisotopic (exact) mass is 332 g/mol. The summed E-state index contributed by atoms with van der Waals surface area (Å²) in [5.74, 6) is -1.09. The number of carboxylic acid groups (broad SMARTS) is 1. The molecule has 6 nitrogen and oxygen atoms in total. The van der Waals surface area contributed by atoms with Crippen LogP contribution in [-0.4, -0.2) is 50.6 Å². The lowest BCUT2D eigenvalue weighted by Gasteiger charge is -2.32. The maximum atomic E-state index is 12.3. The largest absolute Gasteiger partial charge is 0.477 e. The number of nitrogens with zero attached hydrogens (tertiary/aromatic N) is 1. The Kier molecular flexibility index (Phi) is 5.03. The molecule has 1 aliphatic rings. The number of aryl methyl sites for hydroxylation is 1. The molecule has 0 bridgehead atoms. The average molecular weight is 332 g/mol. The normalized spacial score (nSPS) is 20.6. The van der Waals surface area contributed by atoms with Crippen molar-refractivity contribution in [3.05, 3.63) is 16.5 Å². The van der Waals surface area contributed by atoms with Crippen molar-refractivity contribution in [2.45, 2.75) is 36.4 Å². The zero-order valence-corrected chi connectivity index (χ0v) is 13.8. The first-order chi connectivity index (χ1) is 9.81. The standard InChI is InChI=1S/C13H20N2O4S2/c1-9-7-11(20-12(9)13(16)17)21(18,19)14-8-10-5-3-4-6-15(10)2/h7,10,14H,3-6,8H2,1-2H3,(H,16,17). The van der Waals surface area contributed by atoms with Crippen molar-refractivity contribution in [1.29, 1.82) is 0 Å². The van der Waals surface area contributed by atoms with Crippen LogP contribution in [0.2, 0.25) is 0 Å². The van der Waals surface area contributed by atoms with Crippen LogP contribution in [0.4, 0.5) is 0 Å². The van der Waals surface area contributed by atoms with Crippen molar-refractivity contribution in [1.82, 2.24) is 9.62 Å². The van der Waals surface area contributed by atoms with E-state index in [-0.39, 0.29) is 15.1 Å². The first-order valence-electron chi connectivity index (χ1n) is 6.85. The fourth-order valence-corrected chi connectivity index (χ4v) is 4.97. The summed E-state index contributed by atoms with van der Waals surface area (Å²) >= 11 is 0.798. The number of sulfonamides is 1. The number of carboxylic acids is 1. The Balaban J connectivity index is 2.08. The third kappa shape index (κ3) is 3.82. The minimum absolute atomic E-state index is 0.0656. The van der Waals surface area contributed by atoms with Gasteiger partial charge in [-0.1, -0.05) is 6.42 Å². The molecule has 1 unspecified atom stereocenters. The summed E-state index contributed by atoms with van der Waals surface area (Å²) in [6, 6.07) is 1.62. The summed E-state index contributed by atoms with van der Waals surface area (Å²) in [6.07, 6.45) is 3.23. The number of aromatic carboxylic acids is 1. The van der Waals surface area contributed by atoms with Crippen molar-refractivity contribution in [2.75, 3.05) is 20.1 Å². The van der Waals surface area contributed by atoms with Gasteiger partial charge in [0.15, 0.2) is 0 Å². The molecule has 1 atom stereocenters. The molecule has 0 aliphatic carbocycles. The van der Waals surface area contributed by atoms with Crippen LogP contribution in [0.15, 0.2) is 10.3 Å².